The van der Waals surface area contributed by atoms with Crippen molar-refractivity contribution in [3.63, 3.8) is 0 Å². The van der Waals surface area contributed by atoms with Crippen LogP contribution in [0.25, 0.3) is 0 Å². The smallest absolute Gasteiger partial charge is 0.309 e. The van der Waals surface area contributed by atoms with Gasteiger partial charge < -0.3 is 25.6 Å². The van der Waals surface area contributed by atoms with Crippen molar-refractivity contribution in [1.82, 2.24) is 20.9 Å². The topological polar surface area (TPSA) is 117 Å². The minimum atomic E-state index is -0.820. The van der Waals surface area contributed by atoms with Crippen molar-refractivity contribution in [2.24, 2.45) is 11.8 Å². The number of hydrogen-bond donors (Lipinski definition) is 3. The minimum Gasteiger partial charge on any atom is -0.466 e. The Morgan fingerprint density at radius 3 is 2.55 bits per heavy atom. The molecule has 2 heterocycles. The molecule has 3 amide bonds. The lowest BCUT2D eigenvalue weighted by Crippen LogP contribution is -2.53. The summed E-state index contributed by atoms with van der Waals surface area (Å²) in [6.07, 6.45) is 6.96. The molecule has 3 N–H and O–H groups in total. The lowest BCUT2D eigenvalue weighted by Gasteiger charge is -2.33. The third-order valence-electron chi connectivity index (χ3n) is 6.45. The molecule has 9 nitrogen and oxygen atoms in total. The molecule has 2 aliphatic rings. The second-order valence-corrected chi connectivity index (χ2v) is 9.30. The van der Waals surface area contributed by atoms with Gasteiger partial charge in [0.2, 0.25) is 17.7 Å². The van der Waals surface area contributed by atoms with E-state index in [-0.39, 0.29) is 30.1 Å². The molecule has 0 aromatic heterocycles. The first-order chi connectivity index (χ1) is 15.9. The molecule has 0 aromatic rings. The number of ether oxygens (including phenoxy) is 1. The SMILES string of the molecule is CCCCCOC(=O)C[C@@H](NC(C)=O)NC(=O)[C@@H]1CCCN(C(=O)CCC2CCNCC2)C1. The number of esters is 1. The second-order valence-electron chi connectivity index (χ2n) is 9.30. The second kappa shape index (κ2) is 14.9. The van der Waals surface area contributed by atoms with E-state index >= 15 is 0 Å². The molecule has 0 saturated carbocycles. The molecule has 2 rings (SSSR count). The molecule has 188 valence electrons. The summed E-state index contributed by atoms with van der Waals surface area (Å²) in [7, 11) is 0. The van der Waals surface area contributed by atoms with Crippen LogP contribution in [-0.2, 0) is 23.9 Å². The van der Waals surface area contributed by atoms with Gasteiger partial charge in [-0.05, 0) is 57.5 Å². The maximum Gasteiger partial charge on any atom is 0.309 e. The summed E-state index contributed by atoms with van der Waals surface area (Å²) in [5.41, 5.74) is 0. The summed E-state index contributed by atoms with van der Waals surface area (Å²) >= 11 is 0. The van der Waals surface area contributed by atoms with E-state index in [1.807, 2.05) is 0 Å². The molecule has 33 heavy (non-hydrogen) atoms. The molecule has 0 spiro atoms. The van der Waals surface area contributed by atoms with Gasteiger partial charge in [-0.15, -0.1) is 0 Å². The Morgan fingerprint density at radius 2 is 1.85 bits per heavy atom. The largest absolute Gasteiger partial charge is 0.466 e. The van der Waals surface area contributed by atoms with Crippen molar-refractivity contribution in [2.45, 2.75) is 84.2 Å². The third-order valence-corrected chi connectivity index (χ3v) is 6.45. The highest BCUT2D eigenvalue weighted by Gasteiger charge is 2.30. The molecule has 0 radical (unpaired) electrons. The van der Waals surface area contributed by atoms with Crippen molar-refractivity contribution in [3.05, 3.63) is 0 Å². The maximum absolute atomic E-state index is 12.9. The zero-order valence-electron chi connectivity index (χ0n) is 20.3. The van der Waals surface area contributed by atoms with Crippen LogP contribution in [0.15, 0.2) is 0 Å². The van der Waals surface area contributed by atoms with E-state index in [0.29, 0.717) is 38.5 Å². The first-order valence-corrected chi connectivity index (χ1v) is 12.6. The lowest BCUT2D eigenvalue weighted by molar-refractivity contribution is -0.144. The fourth-order valence-corrected chi connectivity index (χ4v) is 4.51. The van der Waals surface area contributed by atoms with Crippen LogP contribution in [0, 0.1) is 11.8 Å². The van der Waals surface area contributed by atoms with E-state index in [2.05, 4.69) is 22.9 Å². The highest BCUT2D eigenvalue weighted by Crippen LogP contribution is 2.21. The van der Waals surface area contributed by atoms with Gasteiger partial charge in [-0.25, -0.2) is 0 Å². The Labute approximate surface area is 197 Å². The van der Waals surface area contributed by atoms with Gasteiger partial charge in [0.1, 0.15) is 6.17 Å². The molecule has 2 fully saturated rings. The Bertz CT molecular complexity index is 651. The van der Waals surface area contributed by atoms with Gasteiger partial charge in [0.05, 0.1) is 18.9 Å². The standard InChI is InChI=1S/C24H42N4O5/c1-3-4-5-15-33-23(31)16-21(26-18(2)29)27-24(32)20-7-6-14-28(17-20)22(30)9-8-19-10-12-25-13-11-19/h19-21,25H,3-17H2,1-2H3,(H,26,29)(H,27,32)/t20-,21+/m1/s1. The normalized spacial score (nSPS) is 20.1. The van der Waals surface area contributed by atoms with Crippen LogP contribution in [0.1, 0.15) is 78.1 Å². The van der Waals surface area contributed by atoms with Gasteiger partial charge in [-0.2, -0.15) is 0 Å². The van der Waals surface area contributed by atoms with E-state index in [1.165, 1.54) is 6.92 Å². The molecule has 0 aliphatic carbocycles. The highest BCUT2D eigenvalue weighted by molar-refractivity contribution is 5.83. The molecule has 0 aromatic carbocycles. The van der Waals surface area contributed by atoms with Gasteiger partial charge in [0.15, 0.2) is 0 Å². The number of likely N-dealkylation sites (tertiary alicyclic amines) is 1. The average molecular weight is 467 g/mol. The molecule has 2 saturated heterocycles. The maximum atomic E-state index is 12.9. The van der Waals surface area contributed by atoms with E-state index in [0.717, 1.165) is 58.0 Å². The van der Waals surface area contributed by atoms with E-state index < -0.39 is 12.1 Å². The Morgan fingerprint density at radius 1 is 1.09 bits per heavy atom. The molecule has 9 heteroatoms. The number of piperidine rings is 2. The Balaban J connectivity index is 1.81. The van der Waals surface area contributed by atoms with Crippen molar-refractivity contribution in [3.8, 4) is 0 Å². The number of rotatable bonds is 12. The van der Waals surface area contributed by atoms with E-state index in [1.54, 1.807) is 4.90 Å². The van der Waals surface area contributed by atoms with Crippen molar-refractivity contribution in [2.75, 3.05) is 32.8 Å². The number of nitrogens with zero attached hydrogens (tertiary/aromatic N) is 1. The van der Waals surface area contributed by atoms with Crippen LogP contribution in [0.5, 0.6) is 0 Å². The number of unbranched alkanes of at least 4 members (excludes halogenated alkanes) is 2. The van der Waals surface area contributed by atoms with Gasteiger partial charge in [0.25, 0.3) is 0 Å². The van der Waals surface area contributed by atoms with Gasteiger partial charge >= 0.3 is 5.97 Å². The third kappa shape index (κ3) is 10.5. The fraction of sp³-hybridized carbons (Fsp3) is 0.833. The van der Waals surface area contributed by atoms with Crippen LogP contribution in [0.4, 0.5) is 0 Å². The Kier molecular flexibility index (Phi) is 12.2. The number of carbonyl (C=O) groups excluding carboxylic acids is 4. The average Bonchev–Trinajstić information content (AvgIpc) is 2.80. The summed E-state index contributed by atoms with van der Waals surface area (Å²) in [5, 5.41) is 8.74. The molecule has 0 unspecified atom stereocenters. The van der Waals surface area contributed by atoms with Gasteiger partial charge in [-0.3, -0.25) is 19.2 Å². The van der Waals surface area contributed by atoms with E-state index in [4.69, 9.17) is 4.74 Å². The summed E-state index contributed by atoms with van der Waals surface area (Å²) in [5.74, 6) is -0.679. The van der Waals surface area contributed by atoms with Crippen LogP contribution in [0.2, 0.25) is 0 Å². The number of amides is 3. The number of carbonyl (C=O) groups is 4. The minimum absolute atomic E-state index is 0.111. The van der Waals surface area contributed by atoms with Crippen molar-refractivity contribution >= 4 is 23.7 Å². The molecule has 0 bridgehead atoms. The molecule has 2 atom stereocenters. The summed E-state index contributed by atoms with van der Waals surface area (Å²) in [4.78, 5) is 51.1. The first kappa shape index (κ1) is 27.1. The van der Waals surface area contributed by atoms with Crippen LogP contribution < -0.4 is 16.0 Å². The molecule has 2 aliphatic heterocycles. The van der Waals surface area contributed by atoms with Crippen LogP contribution in [0.3, 0.4) is 0 Å². The summed E-state index contributed by atoms with van der Waals surface area (Å²) in [6.45, 7) is 6.84. The molecular weight excluding hydrogens is 424 g/mol. The van der Waals surface area contributed by atoms with Crippen LogP contribution >= 0.6 is 0 Å². The molecular formula is C24H42N4O5. The predicted octanol–water partition coefficient (Wildman–Crippen LogP) is 1.71. The van der Waals surface area contributed by atoms with Gasteiger partial charge in [-0.1, -0.05) is 19.8 Å². The first-order valence-electron chi connectivity index (χ1n) is 12.6. The van der Waals surface area contributed by atoms with Gasteiger partial charge in [0, 0.05) is 26.4 Å². The highest BCUT2D eigenvalue weighted by atomic mass is 16.5. The number of nitrogens with one attached hydrogen (secondary N) is 3. The van der Waals surface area contributed by atoms with Crippen molar-refractivity contribution < 1.29 is 23.9 Å². The summed E-state index contributed by atoms with van der Waals surface area (Å²) in [6, 6.07) is 0. The predicted molar refractivity (Wildman–Crippen MR) is 125 cm³/mol. The lowest BCUT2D eigenvalue weighted by atomic mass is 9.92. The number of hydrogen-bond acceptors (Lipinski definition) is 6. The fourth-order valence-electron chi connectivity index (χ4n) is 4.51. The Hall–Kier alpha value is -2.16. The van der Waals surface area contributed by atoms with E-state index in [9.17, 15) is 19.2 Å². The summed E-state index contributed by atoms with van der Waals surface area (Å²) < 4.78 is 5.21. The van der Waals surface area contributed by atoms with Crippen LogP contribution in [-0.4, -0.2) is 67.5 Å². The zero-order chi connectivity index (χ0) is 24.1. The zero-order valence-corrected chi connectivity index (χ0v) is 20.3. The van der Waals surface area contributed by atoms with Crippen molar-refractivity contribution in [1.29, 1.82) is 0 Å². The monoisotopic (exact) mass is 466 g/mol. The quantitative estimate of drug-likeness (QED) is 0.229.